The summed E-state index contributed by atoms with van der Waals surface area (Å²) >= 11 is 0. The molecule has 1 atom stereocenters. The number of carboxylic acids is 1. The summed E-state index contributed by atoms with van der Waals surface area (Å²) in [6, 6.07) is 2.55. The highest BCUT2D eigenvalue weighted by Crippen LogP contribution is 2.38. The van der Waals surface area contributed by atoms with Crippen molar-refractivity contribution < 1.29 is 34.4 Å². The van der Waals surface area contributed by atoms with Crippen LogP contribution in [0.1, 0.15) is 38.9 Å². The third-order valence-electron chi connectivity index (χ3n) is 2.71. The van der Waals surface area contributed by atoms with E-state index in [1.54, 1.807) is 20.8 Å². The number of aliphatic carboxylic acids is 1. The Bertz CT molecular complexity index is 592. The lowest BCUT2D eigenvalue weighted by Crippen LogP contribution is -2.27. The van der Waals surface area contributed by atoms with Gasteiger partial charge in [-0.2, -0.15) is 0 Å². The molecule has 0 heterocycles. The average Bonchev–Trinajstić information content (AvgIpc) is 2.37. The minimum absolute atomic E-state index is 0.0157. The third-order valence-corrected chi connectivity index (χ3v) is 2.71. The van der Waals surface area contributed by atoms with Gasteiger partial charge in [0.25, 0.3) is 0 Å². The van der Waals surface area contributed by atoms with Gasteiger partial charge in [-0.15, -0.1) is 0 Å². The van der Waals surface area contributed by atoms with Crippen molar-refractivity contribution in [2.45, 2.75) is 38.9 Å². The number of methoxy groups -OCH3 is 1. The van der Waals surface area contributed by atoms with Crippen LogP contribution in [0.4, 0.5) is 10.5 Å². The summed E-state index contributed by atoms with van der Waals surface area (Å²) in [4.78, 5) is 22.5. The van der Waals surface area contributed by atoms with Gasteiger partial charge in [0.15, 0.2) is 11.5 Å². The van der Waals surface area contributed by atoms with Crippen LogP contribution in [0.3, 0.4) is 0 Å². The summed E-state index contributed by atoms with van der Waals surface area (Å²) in [6.45, 7) is 5.04. The second-order valence-corrected chi connectivity index (χ2v) is 5.86. The molecule has 0 bridgehead atoms. The van der Waals surface area contributed by atoms with Crippen molar-refractivity contribution in [3.8, 4) is 11.5 Å². The number of aromatic hydroxyl groups is 1. The van der Waals surface area contributed by atoms with E-state index in [-0.39, 0.29) is 22.7 Å². The number of carbonyl (C=O) groups excluding carboxylic acids is 1. The summed E-state index contributed by atoms with van der Waals surface area (Å²) in [6.07, 6.45) is -2.65. The van der Waals surface area contributed by atoms with E-state index in [9.17, 15) is 19.8 Å². The van der Waals surface area contributed by atoms with Crippen LogP contribution < -0.4 is 10.1 Å². The number of ether oxygens (including phenoxy) is 2. The lowest BCUT2D eigenvalue weighted by molar-refractivity contribution is -0.139. The quantitative estimate of drug-likeness (QED) is 0.611. The van der Waals surface area contributed by atoms with Crippen molar-refractivity contribution in [3.63, 3.8) is 0 Å². The number of aliphatic hydroxyl groups excluding tert-OH is 1. The van der Waals surface area contributed by atoms with Gasteiger partial charge in [-0.05, 0) is 38.5 Å². The number of carboxylic acid groups (broad SMARTS) is 1. The summed E-state index contributed by atoms with van der Waals surface area (Å²) in [5, 5.41) is 31.0. The van der Waals surface area contributed by atoms with Crippen LogP contribution in [0.2, 0.25) is 0 Å². The number of phenols is 1. The first kappa shape index (κ1) is 18.6. The molecule has 4 N–H and O–H groups in total. The number of nitrogens with one attached hydrogen (secondary N) is 1. The normalized spacial score (nSPS) is 12.4. The highest BCUT2D eigenvalue weighted by molar-refractivity contribution is 5.88. The van der Waals surface area contributed by atoms with Crippen LogP contribution in [0, 0.1) is 0 Å². The molecule has 1 rings (SSSR count). The van der Waals surface area contributed by atoms with Crippen molar-refractivity contribution in [1.29, 1.82) is 0 Å². The third kappa shape index (κ3) is 5.67. The highest BCUT2D eigenvalue weighted by Gasteiger charge is 2.21. The van der Waals surface area contributed by atoms with Crippen molar-refractivity contribution in [2.75, 3.05) is 12.4 Å². The average molecular weight is 327 g/mol. The van der Waals surface area contributed by atoms with E-state index in [2.05, 4.69) is 5.32 Å². The molecule has 0 aliphatic heterocycles. The Kier molecular flexibility index (Phi) is 5.80. The smallest absolute Gasteiger partial charge is 0.412 e. The van der Waals surface area contributed by atoms with Gasteiger partial charge in [-0.1, -0.05) is 0 Å². The molecule has 128 valence electrons. The van der Waals surface area contributed by atoms with E-state index in [1.165, 1.54) is 19.2 Å². The Morgan fingerprint density at radius 2 is 1.91 bits per heavy atom. The van der Waals surface area contributed by atoms with Gasteiger partial charge < -0.3 is 24.8 Å². The molecular formula is C15H21NO7. The van der Waals surface area contributed by atoms with Crippen LogP contribution >= 0.6 is 0 Å². The van der Waals surface area contributed by atoms with Crippen molar-refractivity contribution in [1.82, 2.24) is 0 Å². The summed E-state index contributed by atoms with van der Waals surface area (Å²) in [7, 11) is 1.29. The van der Waals surface area contributed by atoms with E-state index in [4.69, 9.17) is 14.6 Å². The number of benzene rings is 1. The second kappa shape index (κ2) is 7.19. The molecular weight excluding hydrogens is 306 g/mol. The zero-order chi connectivity index (χ0) is 17.8. The first-order chi connectivity index (χ1) is 10.5. The maximum absolute atomic E-state index is 11.8. The topological polar surface area (TPSA) is 125 Å². The molecule has 0 fully saturated rings. The molecule has 0 saturated carbocycles. The van der Waals surface area contributed by atoms with Gasteiger partial charge in [0.05, 0.1) is 25.3 Å². The largest absolute Gasteiger partial charge is 0.503 e. The number of hydrogen-bond donors (Lipinski definition) is 4. The number of aliphatic hydroxyl groups is 1. The number of phenolic OH excluding ortho intramolecular Hbond substituents is 1. The fourth-order valence-corrected chi connectivity index (χ4v) is 1.77. The highest BCUT2D eigenvalue weighted by atomic mass is 16.6. The molecule has 1 aromatic rings. The number of hydrogen-bond acceptors (Lipinski definition) is 6. The van der Waals surface area contributed by atoms with Gasteiger partial charge in [0.1, 0.15) is 5.60 Å². The minimum atomic E-state index is -1.32. The molecule has 8 nitrogen and oxygen atoms in total. The molecule has 0 aliphatic carbocycles. The summed E-state index contributed by atoms with van der Waals surface area (Å²) in [5.74, 6) is -1.56. The van der Waals surface area contributed by atoms with Crippen molar-refractivity contribution in [3.05, 3.63) is 17.7 Å². The molecule has 0 saturated heterocycles. The SMILES string of the molecule is COc1cc(C(O)CC(=O)O)cc(NC(=O)OC(C)(C)C)c1O. The van der Waals surface area contributed by atoms with Gasteiger partial charge in [-0.25, -0.2) is 4.79 Å². The van der Waals surface area contributed by atoms with Crippen LogP contribution in [0.5, 0.6) is 11.5 Å². The van der Waals surface area contributed by atoms with Gasteiger partial charge in [0, 0.05) is 0 Å². The minimum Gasteiger partial charge on any atom is -0.503 e. The van der Waals surface area contributed by atoms with Crippen LogP contribution in [-0.2, 0) is 9.53 Å². The molecule has 0 aliphatic rings. The van der Waals surface area contributed by atoms with Gasteiger partial charge in [-0.3, -0.25) is 10.1 Å². The van der Waals surface area contributed by atoms with Gasteiger partial charge >= 0.3 is 12.1 Å². The molecule has 0 spiro atoms. The standard InChI is InChI=1S/C15H21NO7/c1-15(2,3)23-14(21)16-9-5-8(10(17)7-12(18)19)6-11(22-4)13(9)20/h5-6,10,17,20H,7H2,1-4H3,(H,16,21)(H,18,19). The summed E-state index contributed by atoms with van der Waals surface area (Å²) in [5.41, 5.74) is -0.615. The fraction of sp³-hybridized carbons (Fsp3) is 0.467. The first-order valence-corrected chi connectivity index (χ1v) is 6.84. The maximum atomic E-state index is 11.8. The predicted molar refractivity (Wildman–Crippen MR) is 81.7 cm³/mol. The van der Waals surface area contributed by atoms with Gasteiger partial charge in [0.2, 0.25) is 0 Å². The Morgan fingerprint density at radius 3 is 2.39 bits per heavy atom. The zero-order valence-electron chi connectivity index (χ0n) is 13.4. The molecule has 1 amide bonds. The van der Waals surface area contributed by atoms with Crippen molar-refractivity contribution >= 4 is 17.7 Å². The van der Waals surface area contributed by atoms with Crippen molar-refractivity contribution in [2.24, 2.45) is 0 Å². The fourth-order valence-electron chi connectivity index (χ4n) is 1.77. The maximum Gasteiger partial charge on any atom is 0.412 e. The molecule has 1 unspecified atom stereocenters. The van der Waals surface area contributed by atoms with Crippen LogP contribution in [0.15, 0.2) is 12.1 Å². The molecule has 1 aromatic carbocycles. The Balaban J connectivity index is 3.10. The van der Waals surface area contributed by atoms with E-state index in [1.807, 2.05) is 0 Å². The van der Waals surface area contributed by atoms with E-state index in [0.717, 1.165) is 0 Å². The molecule has 0 radical (unpaired) electrons. The number of anilines is 1. The Hall–Kier alpha value is -2.48. The predicted octanol–water partition coefficient (Wildman–Crippen LogP) is 2.26. The molecule has 23 heavy (non-hydrogen) atoms. The number of amides is 1. The number of rotatable bonds is 5. The summed E-state index contributed by atoms with van der Waals surface area (Å²) < 4.78 is 10.0. The first-order valence-electron chi connectivity index (χ1n) is 6.84. The molecule has 8 heteroatoms. The zero-order valence-corrected chi connectivity index (χ0v) is 13.4. The number of carbonyl (C=O) groups is 2. The lowest BCUT2D eigenvalue weighted by atomic mass is 10.0. The monoisotopic (exact) mass is 327 g/mol. The molecule has 0 aromatic heterocycles. The van der Waals surface area contributed by atoms with E-state index in [0.29, 0.717) is 0 Å². The van der Waals surface area contributed by atoms with Crippen LogP contribution in [0.25, 0.3) is 0 Å². The van der Waals surface area contributed by atoms with E-state index < -0.39 is 30.2 Å². The van der Waals surface area contributed by atoms with Crippen LogP contribution in [-0.4, -0.2) is 40.1 Å². The lowest BCUT2D eigenvalue weighted by Gasteiger charge is -2.21. The van der Waals surface area contributed by atoms with E-state index >= 15 is 0 Å². The Labute approximate surface area is 133 Å². The second-order valence-electron chi connectivity index (χ2n) is 5.86. The Morgan fingerprint density at radius 1 is 1.30 bits per heavy atom.